The van der Waals surface area contributed by atoms with Crippen molar-refractivity contribution >= 4 is 32.3 Å². The van der Waals surface area contributed by atoms with Gasteiger partial charge in [-0.25, -0.2) is 4.98 Å². The third kappa shape index (κ3) is 3.45. The number of morpholine rings is 1. The van der Waals surface area contributed by atoms with E-state index in [9.17, 15) is 8.42 Å². The molecule has 27 heavy (non-hydrogen) atoms. The number of anilines is 2. The van der Waals surface area contributed by atoms with Crippen molar-refractivity contribution in [1.82, 2.24) is 9.97 Å². The van der Waals surface area contributed by atoms with Gasteiger partial charge in [0.15, 0.2) is 5.03 Å². The van der Waals surface area contributed by atoms with Crippen LogP contribution in [0.3, 0.4) is 0 Å². The average molecular weight is 384 g/mol. The summed E-state index contributed by atoms with van der Waals surface area (Å²) in [6, 6.07) is 11.1. The Balaban J connectivity index is 1.85. The van der Waals surface area contributed by atoms with Crippen LogP contribution in [-0.2, 0) is 14.8 Å². The van der Waals surface area contributed by atoms with Crippen LogP contribution in [0.2, 0.25) is 0 Å². The monoisotopic (exact) mass is 384 g/mol. The lowest BCUT2D eigenvalue weighted by Crippen LogP contribution is -2.36. The molecule has 3 aromatic rings. The second-order valence-electron chi connectivity index (χ2n) is 6.37. The molecule has 1 fully saturated rings. The number of fused-ring (bicyclic) bond motifs is 1. The molecule has 0 bridgehead atoms. The zero-order valence-electron chi connectivity index (χ0n) is 14.9. The van der Waals surface area contributed by atoms with Crippen LogP contribution in [0.25, 0.3) is 10.9 Å². The zero-order chi connectivity index (χ0) is 18.9. The molecule has 0 radical (unpaired) electrons. The molecule has 0 spiro atoms. The van der Waals surface area contributed by atoms with E-state index < -0.39 is 10.0 Å². The molecule has 8 heteroatoms. The van der Waals surface area contributed by atoms with Crippen molar-refractivity contribution in [3.05, 3.63) is 54.4 Å². The summed E-state index contributed by atoms with van der Waals surface area (Å²) in [7, 11) is -3.86. The van der Waals surface area contributed by atoms with E-state index in [1.165, 1.54) is 6.20 Å². The highest BCUT2D eigenvalue weighted by Crippen LogP contribution is 2.35. The number of rotatable bonds is 4. The van der Waals surface area contributed by atoms with Gasteiger partial charge in [0.25, 0.3) is 10.0 Å². The maximum atomic E-state index is 13.1. The summed E-state index contributed by atoms with van der Waals surface area (Å²) in [6.07, 6.45) is 3.14. The van der Waals surface area contributed by atoms with Crippen LogP contribution in [0.4, 0.5) is 11.4 Å². The summed E-state index contributed by atoms with van der Waals surface area (Å²) < 4.78 is 34.3. The number of aromatic nitrogens is 2. The highest BCUT2D eigenvalue weighted by atomic mass is 32.2. The smallest absolute Gasteiger partial charge is 0.279 e. The van der Waals surface area contributed by atoms with Gasteiger partial charge in [0.05, 0.1) is 30.1 Å². The summed E-state index contributed by atoms with van der Waals surface area (Å²) in [6.45, 7) is 4.31. The van der Waals surface area contributed by atoms with Crippen LogP contribution in [0.5, 0.6) is 0 Å². The Hall–Kier alpha value is -2.71. The first-order valence-corrected chi connectivity index (χ1v) is 10.2. The van der Waals surface area contributed by atoms with Gasteiger partial charge < -0.3 is 9.64 Å². The molecule has 3 heterocycles. The van der Waals surface area contributed by atoms with Gasteiger partial charge in [0.2, 0.25) is 0 Å². The number of hydrogen-bond acceptors (Lipinski definition) is 6. The molecule has 1 aromatic carbocycles. The number of sulfonamides is 1. The van der Waals surface area contributed by atoms with Crippen LogP contribution in [0, 0.1) is 6.92 Å². The van der Waals surface area contributed by atoms with Gasteiger partial charge in [0.1, 0.15) is 0 Å². The number of hydrogen-bond donors (Lipinski definition) is 1. The molecule has 140 valence electrons. The molecule has 7 nitrogen and oxygen atoms in total. The lowest BCUT2D eigenvalue weighted by molar-refractivity contribution is 0.123. The Morgan fingerprint density at radius 2 is 1.78 bits per heavy atom. The standard InChI is InChI=1S/C19H20N4O3S/c1-14-4-2-9-21-19(14)27(24,25)22-18-16(23-10-12-26-13-11-23)7-6-15-5-3-8-20-17(15)18/h2-9,22H,10-13H2,1H3. The fraction of sp³-hybridized carbons (Fsp3) is 0.263. The zero-order valence-corrected chi connectivity index (χ0v) is 15.7. The molecular weight excluding hydrogens is 364 g/mol. The number of nitrogens with one attached hydrogen (secondary N) is 1. The van der Waals surface area contributed by atoms with Crippen molar-refractivity contribution in [2.75, 3.05) is 35.9 Å². The Bertz CT molecular complexity index is 1080. The van der Waals surface area contributed by atoms with Gasteiger partial charge in [-0.15, -0.1) is 0 Å². The first-order valence-electron chi connectivity index (χ1n) is 8.71. The van der Waals surface area contributed by atoms with Crippen molar-refractivity contribution in [3.8, 4) is 0 Å². The SMILES string of the molecule is Cc1cccnc1S(=O)(=O)Nc1c(N2CCOCC2)ccc2cccnc12. The Kier molecular flexibility index (Phi) is 4.67. The molecule has 1 saturated heterocycles. The highest BCUT2D eigenvalue weighted by Gasteiger charge is 2.24. The molecule has 1 aliphatic heterocycles. The molecule has 0 aliphatic carbocycles. The van der Waals surface area contributed by atoms with E-state index in [0.717, 1.165) is 11.1 Å². The highest BCUT2D eigenvalue weighted by molar-refractivity contribution is 7.92. The van der Waals surface area contributed by atoms with Crippen molar-refractivity contribution in [2.45, 2.75) is 11.9 Å². The number of pyridine rings is 2. The lowest BCUT2D eigenvalue weighted by Gasteiger charge is -2.31. The van der Waals surface area contributed by atoms with Crippen molar-refractivity contribution in [1.29, 1.82) is 0 Å². The van der Waals surface area contributed by atoms with E-state index in [1.807, 2.05) is 24.3 Å². The van der Waals surface area contributed by atoms with Crippen molar-refractivity contribution in [3.63, 3.8) is 0 Å². The second kappa shape index (κ2) is 7.13. The van der Waals surface area contributed by atoms with Crippen molar-refractivity contribution < 1.29 is 13.2 Å². The molecule has 0 saturated carbocycles. The predicted molar refractivity (Wildman–Crippen MR) is 105 cm³/mol. The number of benzene rings is 1. The molecule has 4 rings (SSSR count). The molecule has 0 atom stereocenters. The third-order valence-electron chi connectivity index (χ3n) is 4.56. The van der Waals surface area contributed by atoms with Gasteiger partial charge in [-0.2, -0.15) is 8.42 Å². The van der Waals surface area contributed by atoms with E-state index in [2.05, 4.69) is 19.6 Å². The Morgan fingerprint density at radius 3 is 2.56 bits per heavy atom. The largest absolute Gasteiger partial charge is 0.378 e. The van der Waals surface area contributed by atoms with Gasteiger partial charge in [0, 0.05) is 30.9 Å². The predicted octanol–water partition coefficient (Wildman–Crippen LogP) is 2.58. The van der Waals surface area contributed by atoms with Crippen LogP contribution in [-0.4, -0.2) is 44.7 Å². The van der Waals surface area contributed by atoms with Crippen LogP contribution < -0.4 is 9.62 Å². The molecule has 0 amide bonds. The first kappa shape index (κ1) is 17.7. The van der Waals surface area contributed by atoms with Crippen molar-refractivity contribution in [2.24, 2.45) is 0 Å². The van der Waals surface area contributed by atoms with Crippen LogP contribution in [0.1, 0.15) is 5.56 Å². The molecule has 2 aromatic heterocycles. The number of aryl methyl sites for hydroxylation is 1. The van der Waals surface area contributed by atoms with Crippen LogP contribution in [0.15, 0.2) is 53.8 Å². The second-order valence-corrected chi connectivity index (χ2v) is 7.96. The molecule has 1 aliphatic rings. The normalized spacial score (nSPS) is 15.1. The van der Waals surface area contributed by atoms with Gasteiger partial charge in [-0.1, -0.05) is 18.2 Å². The third-order valence-corrected chi connectivity index (χ3v) is 5.97. The fourth-order valence-corrected chi connectivity index (χ4v) is 4.50. The summed E-state index contributed by atoms with van der Waals surface area (Å²) in [5.74, 6) is 0. The van der Waals surface area contributed by atoms with E-state index in [-0.39, 0.29) is 5.03 Å². The minimum absolute atomic E-state index is 0.0193. The quantitative estimate of drug-likeness (QED) is 0.744. The fourth-order valence-electron chi connectivity index (χ4n) is 3.24. The Morgan fingerprint density at radius 1 is 1.04 bits per heavy atom. The summed E-state index contributed by atoms with van der Waals surface area (Å²) in [5, 5.41) is 0.885. The number of ether oxygens (including phenoxy) is 1. The van der Waals surface area contributed by atoms with E-state index in [4.69, 9.17) is 4.74 Å². The van der Waals surface area contributed by atoms with Gasteiger partial charge in [-0.05, 0) is 30.7 Å². The summed E-state index contributed by atoms with van der Waals surface area (Å²) in [4.78, 5) is 10.6. The maximum Gasteiger partial charge on any atom is 0.279 e. The van der Waals surface area contributed by atoms with E-state index in [0.29, 0.717) is 43.1 Å². The average Bonchev–Trinajstić information content (AvgIpc) is 2.69. The van der Waals surface area contributed by atoms with Crippen LogP contribution >= 0.6 is 0 Å². The maximum absolute atomic E-state index is 13.1. The lowest BCUT2D eigenvalue weighted by atomic mass is 10.1. The minimum atomic E-state index is -3.86. The topological polar surface area (TPSA) is 84.4 Å². The molecule has 1 N–H and O–H groups in total. The minimum Gasteiger partial charge on any atom is -0.378 e. The molecular formula is C19H20N4O3S. The van der Waals surface area contributed by atoms with Gasteiger partial charge >= 0.3 is 0 Å². The van der Waals surface area contributed by atoms with Gasteiger partial charge in [-0.3, -0.25) is 9.71 Å². The van der Waals surface area contributed by atoms with E-state index >= 15 is 0 Å². The molecule has 0 unspecified atom stereocenters. The first-order chi connectivity index (χ1) is 13.1. The number of nitrogens with zero attached hydrogens (tertiary/aromatic N) is 3. The summed E-state index contributed by atoms with van der Waals surface area (Å²) >= 11 is 0. The van der Waals surface area contributed by atoms with E-state index in [1.54, 1.807) is 25.3 Å². The Labute approximate surface area is 158 Å². The summed E-state index contributed by atoms with van der Waals surface area (Å²) in [5.41, 5.74) is 2.46.